The number of amidine groups is 1. The molecule has 0 radical (unpaired) electrons. The zero-order chi connectivity index (χ0) is 15.4. The van der Waals surface area contributed by atoms with Crippen molar-refractivity contribution in [1.82, 2.24) is 0 Å². The van der Waals surface area contributed by atoms with Gasteiger partial charge in [0.15, 0.2) is 5.84 Å². The van der Waals surface area contributed by atoms with Crippen LogP contribution in [0, 0.1) is 17.0 Å². The fraction of sp³-hybridized carbons (Fsp3) is 0.0714. The molecule has 2 aromatic carbocycles. The van der Waals surface area contributed by atoms with Crippen molar-refractivity contribution in [2.45, 2.75) is 6.92 Å². The lowest BCUT2D eigenvalue weighted by Gasteiger charge is -2.09. The maximum atomic E-state index is 10.8. The Hall–Kier alpha value is -3.09. The SMILES string of the molecule is Cc1ccc([N+](=O)[O-])cc1Oc1ccc(/C(N)=N/O)cc1. The molecular weight excluding hydrogens is 274 g/mol. The smallest absolute Gasteiger partial charge is 0.273 e. The molecule has 3 N–H and O–H groups in total. The molecule has 0 aromatic heterocycles. The van der Waals surface area contributed by atoms with Crippen LogP contribution in [0.4, 0.5) is 5.69 Å². The molecule has 7 heteroatoms. The lowest BCUT2D eigenvalue weighted by atomic mass is 10.2. The first-order valence-corrected chi connectivity index (χ1v) is 6.02. The summed E-state index contributed by atoms with van der Waals surface area (Å²) in [5.41, 5.74) is 6.74. The van der Waals surface area contributed by atoms with Crippen LogP contribution in [0.1, 0.15) is 11.1 Å². The predicted octanol–water partition coefficient (Wildman–Crippen LogP) is 2.79. The fourth-order valence-corrected chi connectivity index (χ4v) is 1.69. The molecule has 7 nitrogen and oxygen atoms in total. The Labute approximate surface area is 120 Å². The van der Waals surface area contributed by atoms with E-state index in [1.807, 2.05) is 0 Å². The minimum atomic E-state index is -0.478. The van der Waals surface area contributed by atoms with Crippen molar-refractivity contribution in [3.05, 3.63) is 63.7 Å². The summed E-state index contributed by atoms with van der Waals surface area (Å²) in [5, 5.41) is 22.2. The van der Waals surface area contributed by atoms with Gasteiger partial charge in [0, 0.05) is 11.6 Å². The molecule has 0 spiro atoms. The molecule has 0 aliphatic rings. The van der Waals surface area contributed by atoms with Gasteiger partial charge >= 0.3 is 0 Å². The summed E-state index contributed by atoms with van der Waals surface area (Å²) in [6.45, 7) is 1.80. The largest absolute Gasteiger partial charge is 0.457 e. The first-order valence-electron chi connectivity index (χ1n) is 6.02. The summed E-state index contributed by atoms with van der Waals surface area (Å²) in [4.78, 5) is 10.3. The van der Waals surface area contributed by atoms with Gasteiger partial charge in [0.25, 0.3) is 5.69 Å². The molecule has 21 heavy (non-hydrogen) atoms. The quantitative estimate of drug-likeness (QED) is 0.295. The number of nitrogens with two attached hydrogens (primary N) is 1. The van der Waals surface area contributed by atoms with E-state index in [0.29, 0.717) is 17.1 Å². The average Bonchev–Trinajstić information content (AvgIpc) is 2.49. The van der Waals surface area contributed by atoms with Gasteiger partial charge in [0.05, 0.1) is 11.0 Å². The molecule has 0 fully saturated rings. The zero-order valence-corrected chi connectivity index (χ0v) is 11.2. The maximum Gasteiger partial charge on any atom is 0.273 e. The Morgan fingerprint density at radius 2 is 1.95 bits per heavy atom. The van der Waals surface area contributed by atoms with Crippen LogP contribution in [0.25, 0.3) is 0 Å². The molecule has 0 saturated carbocycles. The molecule has 0 unspecified atom stereocenters. The van der Waals surface area contributed by atoms with Crippen LogP contribution in [0.3, 0.4) is 0 Å². The Bertz CT molecular complexity index is 696. The predicted molar refractivity (Wildman–Crippen MR) is 76.9 cm³/mol. The number of nitrogens with zero attached hydrogens (tertiary/aromatic N) is 2. The van der Waals surface area contributed by atoms with Crippen LogP contribution >= 0.6 is 0 Å². The number of nitro benzene ring substituents is 1. The minimum Gasteiger partial charge on any atom is -0.457 e. The second-order valence-corrected chi connectivity index (χ2v) is 4.32. The minimum absolute atomic E-state index is 0.00641. The number of hydrogen-bond donors (Lipinski definition) is 2. The van der Waals surface area contributed by atoms with Crippen LogP contribution in [0.5, 0.6) is 11.5 Å². The van der Waals surface area contributed by atoms with Crippen molar-refractivity contribution < 1.29 is 14.9 Å². The van der Waals surface area contributed by atoms with Gasteiger partial charge in [-0.2, -0.15) is 0 Å². The lowest BCUT2D eigenvalue weighted by molar-refractivity contribution is -0.384. The van der Waals surface area contributed by atoms with Crippen molar-refractivity contribution >= 4 is 11.5 Å². The van der Waals surface area contributed by atoms with Gasteiger partial charge in [-0.15, -0.1) is 0 Å². The first kappa shape index (κ1) is 14.3. The van der Waals surface area contributed by atoms with E-state index in [1.54, 1.807) is 37.3 Å². The number of benzene rings is 2. The van der Waals surface area contributed by atoms with Crippen LogP contribution < -0.4 is 10.5 Å². The third-order valence-electron chi connectivity index (χ3n) is 2.87. The van der Waals surface area contributed by atoms with E-state index in [4.69, 9.17) is 15.7 Å². The molecule has 108 valence electrons. The average molecular weight is 287 g/mol. The molecule has 2 aromatic rings. The Morgan fingerprint density at radius 1 is 1.29 bits per heavy atom. The zero-order valence-electron chi connectivity index (χ0n) is 11.2. The van der Waals surface area contributed by atoms with Gasteiger partial charge in [0.2, 0.25) is 0 Å². The number of rotatable bonds is 4. The van der Waals surface area contributed by atoms with E-state index >= 15 is 0 Å². The third-order valence-corrected chi connectivity index (χ3v) is 2.87. The van der Waals surface area contributed by atoms with Gasteiger partial charge in [0.1, 0.15) is 11.5 Å². The molecule has 0 aliphatic carbocycles. The Kier molecular flexibility index (Phi) is 4.03. The molecule has 0 heterocycles. The second-order valence-electron chi connectivity index (χ2n) is 4.32. The maximum absolute atomic E-state index is 10.8. The summed E-state index contributed by atoms with van der Waals surface area (Å²) in [7, 11) is 0. The van der Waals surface area contributed by atoms with Gasteiger partial charge in [-0.3, -0.25) is 10.1 Å². The Balaban J connectivity index is 2.26. The number of nitro groups is 1. The van der Waals surface area contributed by atoms with Crippen molar-refractivity contribution in [3.8, 4) is 11.5 Å². The first-order chi connectivity index (χ1) is 10.0. The summed E-state index contributed by atoms with van der Waals surface area (Å²) in [5.74, 6) is 0.891. The molecule has 0 amide bonds. The van der Waals surface area contributed by atoms with Gasteiger partial charge in [-0.1, -0.05) is 5.16 Å². The topological polar surface area (TPSA) is 111 Å². The third kappa shape index (κ3) is 3.27. The number of oxime groups is 1. The van der Waals surface area contributed by atoms with E-state index in [0.717, 1.165) is 5.56 Å². The number of aryl methyl sites for hydroxylation is 1. The van der Waals surface area contributed by atoms with Crippen molar-refractivity contribution in [3.63, 3.8) is 0 Å². The summed E-state index contributed by atoms with van der Waals surface area (Å²) < 4.78 is 5.62. The van der Waals surface area contributed by atoms with Crippen LogP contribution in [-0.4, -0.2) is 16.0 Å². The normalized spacial score (nSPS) is 11.2. The number of hydrogen-bond acceptors (Lipinski definition) is 5. The molecule has 0 aliphatic heterocycles. The molecule has 0 bridgehead atoms. The van der Waals surface area contributed by atoms with Gasteiger partial charge < -0.3 is 15.7 Å². The highest BCUT2D eigenvalue weighted by Gasteiger charge is 2.10. The lowest BCUT2D eigenvalue weighted by Crippen LogP contribution is -2.12. The molecule has 0 saturated heterocycles. The summed E-state index contributed by atoms with van der Waals surface area (Å²) in [6.07, 6.45) is 0. The Morgan fingerprint density at radius 3 is 2.52 bits per heavy atom. The molecule has 0 atom stereocenters. The van der Waals surface area contributed by atoms with Crippen molar-refractivity contribution in [1.29, 1.82) is 0 Å². The number of non-ortho nitro benzene ring substituents is 1. The van der Waals surface area contributed by atoms with Crippen molar-refractivity contribution in [2.75, 3.05) is 0 Å². The summed E-state index contributed by atoms with van der Waals surface area (Å²) in [6, 6.07) is 10.9. The van der Waals surface area contributed by atoms with E-state index < -0.39 is 4.92 Å². The highest BCUT2D eigenvalue weighted by atomic mass is 16.6. The van der Waals surface area contributed by atoms with E-state index in [1.165, 1.54) is 12.1 Å². The highest BCUT2D eigenvalue weighted by Crippen LogP contribution is 2.28. The van der Waals surface area contributed by atoms with Crippen molar-refractivity contribution in [2.24, 2.45) is 10.9 Å². The van der Waals surface area contributed by atoms with Gasteiger partial charge in [-0.05, 0) is 42.8 Å². The van der Waals surface area contributed by atoms with Gasteiger partial charge in [-0.25, -0.2) is 0 Å². The highest BCUT2D eigenvalue weighted by molar-refractivity contribution is 5.97. The molecular formula is C14H13N3O4. The van der Waals surface area contributed by atoms with E-state index in [2.05, 4.69) is 5.16 Å². The van der Waals surface area contributed by atoms with E-state index in [-0.39, 0.29) is 11.5 Å². The number of ether oxygens (including phenoxy) is 1. The van der Waals surface area contributed by atoms with Crippen LogP contribution in [0.2, 0.25) is 0 Å². The second kappa shape index (κ2) is 5.91. The molecule has 2 rings (SSSR count). The fourth-order valence-electron chi connectivity index (χ4n) is 1.69. The van der Waals surface area contributed by atoms with Crippen LogP contribution in [0.15, 0.2) is 47.6 Å². The monoisotopic (exact) mass is 287 g/mol. The standard InChI is InChI=1S/C14H13N3O4/c1-9-2-5-11(17(19)20)8-13(9)21-12-6-3-10(4-7-12)14(15)16-18/h2-8,18H,1H3,(H2,15,16). The van der Waals surface area contributed by atoms with Crippen LogP contribution in [-0.2, 0) is 0 Å². The van der Waals surface area contributed by atoms with E-state index in [9.17, 15) is 10.1 Å². The summed E-state index contributed by atoms with van der Waals surface area (Å²) >= 11 is 0.